The normalized spacial score (nSPS) is 10.7. The van der Waals surface area contributed by atoms with Gasteiger partial charge in [-0.3, -0.25) is 9.59 Å². The Hall–Kier alpha value is -2.21. The second-order valence-electron chi connectivity index (χ2n) is 6.05. The smallest absolute Gasteiger partial charge is 0.312 e. The number of esters is 1. The van der Waals surface area contributed by atoms with E-state index in [4.69, 9.17) is 4.74 Å². The SMILES string of the molecule is CC(C)c1ccc(-c2nc(CC(=O)OCC(=O)N(C)C)cs2)cc1. The molecule has 5 nitrogen and oxygen atoms in total. The van der Waals surface area contributed by atoms with E-state index in [1.807, 2.05) is 17.5 Å². The first-order valence-corrected chi connectivity index (χ1v) is 8.65. The van der Waals surface area contributed by atoms with Gasteiger partial charge in [-0.05, 0) is 11.5 Å². The molecule has 1 heterocycles. The highest BCUT2D eigenvalue weighted by atomic mass is 32.1. The third-order valence-corrected chi connectivity index (χ3v) is 4.50. The molecule has 0 aliphatic rings. The molecule has 0 aliphatic heterocycles. The summed E-state index contributed by atoms with van der Waals surface area (Å²) < 4.78 is 4.96. The number of hydrogen-bond donors (Lipinski definition) is 0. The molecule has 24 heavy (non-hydrogen) atoms. The van der Waals surface area contributed by atoms with Crippen molar-refractivity contribution in [3.05, 3.63) is 40.9 Å². The van der Waals surface area contributed by atoms with E-state index in [0.29, 0.717) is 11.6 Å². The Morgan fingerprint density at radius 3 is 2.46 bits per heavy atom. The van der Waals surface area contributed by atoms with Gasteiger partial charge in [0.25, 0.3) is 5.91 Å². The number of benzene rings is 1. The van der Waals surface area contributed by atoms with Gasteiger partial charge in [-0.2, -0.15) is 0 Å². The molecular formula is C18H22N2O3S. The van der Waals surface area contributed by atoms with Crippen molar-refractivity contribution in [1.82, 2.24) is 9.88 Å². The zero-order chi connectivity index (χ0) is 17.7. The average Bonchev–Trinajstić information content (AvgIpc) is 3.01. The summed E-state index contributed by atoms with van der Waals surface area (Å²) in [5.41, 5.74) is 2.97. The fourth-order valence-electron chi connectivity index (χ4n) is 2.00. The van der Waals surface area contributed by atoms with Gasteiger partial charge in [-0.1, -0.05) is 38.1 Å². The number of rotatable bonds is 6. The zero-order valence-corrected chi connectivity index (χ0v) is 15.2. The highest BCUT2D eigenvalue weighted by Gasteiger charge is 2.13. The number of carbonyl (C=O) groups is 2. The summed E-state index contributed by atoms with van der Waals surface area (Å²) in [5, 5.41) is 2.72. The summed E-state index contributed by atoms with van der Waals surface area (Å²) in [4.78, 5) is 29.0. The quantitative estimate of drug-likeness (QED) is 0.754. The first-order valence-electron chi connectivity index (χ1n) is 7.77. The number of aromatic nitrogens is 1. The second kappa shape index (κ2) is 8.06. The fraction of sp³-hybridized carbons (Fsp3) is 0.389. The molecule has 128 valence electrons. The molecule has 0 spiro atoms. The number of ether oxygens (including phenoxy) is 1. The Balaban J connectivity index is 1.95. The molecule has 1 aromatic carbocycles. The van der Waals surface area contributed by atoms with Crippen LogP contribution >= 0.6 is 11.3 Å². The lowest BCUT2D eigenvalue weighted by atomic mass is 10.0. The van der Waals surface area contributed by atoms with E-state index in [9.17, 15) is 9.59 Å². The van der Waals surface area contributed by atoms with Crippen LogP contribution in [0.2, 0.25) is 0 Å². The van der Waals surface area contributed by atoms with Crippen molar-refractivity contribution >= 4 is 23.2 Å². The van der Waals surface area contributed by atoms with Crippen LogP contribution in [0, 0.1) is 0 Å². The second-order valence-corrected chi connectivity index (χ2v) is 6.90. The number of thiazole rings is 1. The molecule has 2 rings (SSSR count). The molecule has 0 atom stereocenters. The third-order valence-electron chi connectivity index (χ3n) is 3.56. The molecule has 0 unspecified atom stereocenters. The largest absolute Gasteiger partial charge is 0.455 e. The zero-order valence-electron chi connectivity index (χ0n) is 14.4. The van der Waals surface area contributed by atoms with Crippen molar-refractivity contribution < 1.29 is 14.3 Å². The van der Waals surface area contributed by atoms with Crippen molar-refractivity contribution in [3.8, 4) is 10.6 Å². The lowest BCUT2D eigenvalue weighted by Crippen LogP contribution is -2.27. The number of nitrogens with zero attached hydrogens (tertiary/aromatic N) is 2. The van der Waals surface area contributed by atoms with Gasteiger partial charge in [0.05, 0.1) is 12.1 Å². The summed E-state index contributed by atoms with van der Waals surface area (Å²) in [6, 6.07) is 8.29. The van der Waals surface area contributed by atoms with Crippen molar-refractivity contribution in [2.45, 2.75) is 26.2 Å². The van der Waals surface area contributed by atoms with Crippen LogP contribution in [0.4, 0.5) is 0 Å². The minimum Gasteiger partial charge on any atom is -0.455 e. The molecule has 0 radical (unpaired) electrons. The molecule has 0 saturated carbocycles. The maximum atomic E-state index is 11.8. The standard InChI is InChI=1S/C18H22N2O3S/c1-12(2)13-5-7-14(8-6-13)18-19-15(11-24-18)9-17(22)23-10-16(21)20(3)4/h5-8,11-12H,9-10H2,1-4H3. The van der Waals surface area contributed by atoms with Crippen LogP contribution < -0.4 is 0 Å². The fourth-order valence-corrected chi connectivity index (χ4v) is 2.83. The molecule has 2 aromatic rings. The van der Waals surface area contributed by atoms with Crippen LogP contribution in [-0.2, 0) is 20.7 Å². The van der Waals surface area contributed by atoms with Crippen molar-refractivity contribution in [3.63, 3.8) is 0 Å². The lowest BCUT2D eigenvalue weighted by molar-refractivity contribution is -0.150. The Kier molecular flexibility index (Phi) is 6.09. The van der Waals surface area contributed by atoms with Crippen LogP contribution in [0.25, 0.3) is 10.6 Å². The highest BCUT2D eigenvalue weighted by molar-refractivity contribution is 7.13. The number of amides is 1. The van der Waals surface area contributed by atoms with Gasteiger partial charge in [-0.25, -0.2) is 4.98 Å². The van der Waals surface area contributed by atoms with Gasteiger partial charge >= 0.3 is 5.97 Å². The van der Waals surface area contributed by atoms with Crippen molar-refractivity contribution in [2.75, 3.05) is 20.7 Å². The third kappa shape index (κ3) is 4.89. The van der Waals surface area contributed by atoms with E-state index in [1.165, 1.54) is 21.8 Å². The minimum atomic E-state index is -0.447. The average molecular weight is 346 g/mol. The molecule has 6 heteroatoms. The van der Waals surface area contributed by atoms with Crippen LogP contribution in [0.1, 0.15) is 31.0 Å². The minimum absolute atomic E-state index is 0.0707. The molecule has 0 fully saturated rings. The molecule has 1 amide bonds. The number of hydrogen-bond acceptors (Lipinski definition) is 5. The first kappa shape index (κ1) is 18.1. The topological polar surface area (TPSA) is 59.5 Å². The van der Waals surface area contributed by atoms with E-state index in [0.717, 1.165) is 10.6 Å². The molecule has 0 saturated heterocycles. The summed E-state index contributed by atoms with van der Waals surface area (Å²) in [6.45, 7) is 4.08. The lowest BCUT2D eigenvalue weighted by Gasteiger charge is -2.09. The summed E-state index contributed by atoms with van der Waals surface area (Å²) in [5.74, 6) is -0.199. The number of likely N-dealkylation sites (N-methyl/N-ethyl adjacent to an activating group) is 1. The van der Waals surface area contributed by atoms with Crippen molar-refractivity contribution in [1.29, 1.82) is 0 Å². The van der Waals surface area contributed by atoms with E-state index in [-0.39, 0.29) is 18.9 Å². The molecule has 0 N–H and O–H groups in total. The molecule has 1 aromatic heterocycles. The molecule has 0 aliphatic carbocycles. The highest BCUT2D eigenvalue weighted by Crippen LogP contribution is 2.26. The van der Waals surface area contributed by atoms with E-state index in [2.05, 4.69) is 31.0 Å². The van der Waals surface area contributed by atoms with E-state index < -0.39 is 5.97 Å². The van der Waals surface area contributed by atoms with Gasteiger partial charge in [0.2, 0.25) is 0 Å². The Morgan fingerprint density at radius 1 is 1.21 bits per heavy atom. The monoisotopic (exact) mass is 346 g/mol. The maximum absolute atomic E-state index is 11.8. The van der Waals surface area contributed by atoms with E-state index >= 15 is 0 Å². The van der Waals surface area contributed by atoms with Crippen LogP contribution in [0.5, 0.6) is 0 Å². The van der Waals surface area contributed by atoms with Gasteiger partial charge in [0.1, 0.15) is 5.01 Å². The van der Waals surface area contributed by atoms with Gasteiger partial charge in [0.15, 0.2) is 6.61 Å². The van der Waals surface area contributed by atoms with Crippen LogP contribution in [0.3, 0.4) is 0 Å². The van der Waals surface area contributed by atoms with Crippen LogP contribution in [0.15, 0.2) is 29.6 Å². The van der Waals surface area contributed by atoms with Gasteiger partial charge in [-0.15, -0.1) is 11.3 Å². The first-order chi connectivity index (χ1) is 11.4. The Bertz CT molecular complexity index is 705. The van der Waals surface area contributed by atoms with Gasteiger partial charge < -0.3 is 9.64 Å². The maximum Gasteiger partial charge on any atom is 0.312 e. The summed E-state index contributed by atoms with van der Waals surface area (Å²) in [7, 11) is 3.24. The van der Waals surface area contributed by atoms with E-state index in [1.54, 1.807) is 14.1 Å². The van der Waals surface area contributed by atoms with Crippen molar-refractivity contribution in [2.24, 2.45) is 0 Å². The Morgan fingerprint density at radius 2 is 1.88 bits per heavy atom. The summed E-state index contributed by atoms with van der Waals surface area (Å²) >= 11 is 1.49. The molecular weight excluding hydrogens is 324 g/mol. The predicted octanol–water partition coefficient (Wildman–Crippen LogP) is 3.11. The summed E-state index contributed by atoms with van der Waals surface area (Å²) in [6.07, 6.45) is 0.0707. The van der Waals surface area contributed by atoms with Gasteiger partial charge in [0, 0.05) is 25.0 Å². The van der Waals surface area contributed by atoms with Crippen LogP contribution in [-0.4, -0.2) is 42.5 Å². The Labute approximate surface area is 146 Å². The molecule has 0 bridgehead atoms. The predicted molar refractivity (Wildman–Crippen MR) is 95.0 cm³/mol. The number of carbonyl (C=O) groups excluding carboxylic acids is 2.